The number of oxime groups is 1. The maximum atomic E-state index is 12.2. The molecule has 0 saturated carbocycles. The average Bonchev–Trinajstić information content (AvgIpc) is 3.08. The van der Waals surface area contributed by atoms with Gasteiger partial charge in [0.05, 0.1) is 0 Å². The molecule has 2 aromatic rings. The second-order valence-electron chi connectivity index (χ2n) is 4.41. The summed E-state index contributed by atoms with van der Waals surface area (Å²) in [4.78, 5) is 18.6. The molecule has 0 bridgehead atoms. The van der Waals surface area contributed by atoms with Crippen LogP contribution < -0.4 is 4.74 Å². The highest BCUT2D eigenvalue weighted by atomic mass is 32.1. The topological polar surface area (TPSA) is 47.9 Å². The molecule has 19 heavy (non-hydrogen) atoms. The van der Waals surface area contributed by atoms with Crippen LogP contribution in [0.2, 0.25) is 0 Å². The van der Waals surface area contributed by atoms with Gasteiger partial charge in [-0.1, -0.05) is 23.4 Å². The highest BCUT2D eigenvalue weighted by Gasteiger charge is 2.47. The number of carbonyl (C=O) groups excluding carboxylic acids is 1. The zero-order chi connectivity index (χ0) is 12.8. The largest absolute Gasteiger partial charge is 0.425 e. The molecule has 4 rings (SSSR count). The summed E-state index contributed by atoms with van der Waals surface area (Å²) in [6.07, 6.45) is -0.365. The van der Waals surface area contributed by atoms with E-state index >= 15 is 0 Å². The smallest absolute Gasteiger partial charge is 0.324 e. The van der Waals surface area contributed by atoms with Gasteiger partial charge < -0.3 is 9.57 Å². The van der Waals surface area contributed by atoms with Crippen LogP contribution in [0.5, 0.6) is 5.75 Å². The van der Waals surface area contributed by atoms with Gasteiger partial charge in [0.25, 0.3) is 0 Å². The van der Waals surface area contributed by atoms with Crippen molar-refractivity contribution in [1.29, 1.82) is 0 Å². The lowest BCUT2D eigenvalue weighted by molar-refractivity contribution is -0.140. The molecule has 2 atom stereocenters. The predicted octanol–water partition coefficient (Wildman–Crippen LogP) is 2.76. The van der Waals surface area contributed by atoms with Gasteiger partial charge in [0.2, 0.25) is 0 Å². The van der Waals surface area contributed by atoms with E-state index in [1.54, 1.807) is 17.4 Å². The summed E-state index contributed by atoms with van der Waals surface area (Å²) in [6, 6.07) is 11.3. The summed E-state index contributed by atoms with van der Waals surface area (Å²) in [6.45, 7) is 0. The Labute approximate surface area is 113 Å². The molecule has 3 heterocycles. The molecule has 0 N–H and O–H groups in total. The molecule has 0 spiro atoms. The Morgan fingerprint density at radius 3 is 2.89 bits per heavy atom. The van der Waals surface area contributed by atoms with Crippen molar-refractivity contribution < 1.29 is 14.4 Å². The zero-order valence-corrected chi connectivity index (χ0v) is 10.6. The Bertz CT molecular complexity index is 678. The van der Waals surface area contributed by atoms with Crippen molar-refractivity contribution in [2.45, 2.75) is 6.10 Å². The Morgan fingerprint density at radius 1 is 1.16 bits per heavy atom. The molecule has 2 unspecified atom stereocenters. The normalized spacial score (nSPS) is 24.0. The minimum absolute atomic E-state index is 0.298. The lowest BCUT2D eigenvalue weighted by Crippen LogP contribution is -2.34. The number of esters is 1. The molecule has 1 aromatic heterocycles. The number of carbonyl (C=O) groups is 1. The molecule has 94 valence electrons. The van der Waals surface area contributed by atoms with Gasteiger partial charge >= 0.3 is 5.97 Å². The zero-order valence-electron chi connectivity index (χ0n) is 9.78. The van der Waals surface area contributed by atoms with Crippen LogP contribution in [0.3, 0.4) is 0 Å². The maximum Gasteiger partial charge on any atom is 0.324 e. The SMILES string of the molecule is O=C1Oc2ccccc2C2=NOC(c3cccs3)C12. The maximum absolute atomic E-state index is 12.2. The third kappa shape index (κ3) is 1.51. The first kappa shape index (κ1) is 10.8. The van der Waals surface area contributed by atoms with Crippen molar-refractivity contribution in [3.8, 4) is 5.75 Å². The Kier molecular flexibility index (Phi) is 2.22. The number of nitrogens with zero attached hydrogens (tertiary/aromatic N) is 1. The third-order valence-corrected chi connectivity index (χ3v) is 4.25. The number of hydrogen-bond acceptors (Lipinski definition) is 5. The molecule has 5 heteroatoms. The standard InChI is InChI=1S/C14H9NO3S/c16-14-11-12(8-4-1-2-5-9(8)17-14)15-18-13(11)10-6-3-7-19-10/h1-7,11,13H. The number of benzene rings is 1. The first-order chi connectivity index (χ1) is 9.34. The van der Waals surface area contributed by atoms with Crippen LogP contribution in [0.15, 0.2) is 46.9 Å². The van der Waals surface area contributed by atoms with Crippen LogP contribution in [-0.4, -0.2) is 11.7 Å². The van der Waals surface area contributed by atoms with Crippen molar-refractivity contribution in [3.63, 3.8) is 0 Å². The number of rotatable bonds is 1. The molecular weight excluding hydrogens is 262 g/mol. The van der Waals surface area contributed by atoms with E-state index in [2.05, 4.69) is 5.16 Å². The molecule has 2 aliphatic heterocycles. The van der Waals surface area contributed by atoms with E-state index in [4.69, 9.17) is 9.57 Å². The van der Waals surface area contributed by atoms with Crippen molar-refractivity contribution in [3.05, 3.63) is 52.2 Å². The molecular formula is C14H9NO3S. The van der Waals surface area contributed by atoms with Crippen molar-refractivity contribution in [2.24, 2.45) is 11.1 Å². The van der Waals surface area contributed by atoms with Crippen LogP contribution >= 0.6 is 11.3 Å². The highest BCUT2D eigenvalue weighted by Crippen LogP contribution is 2.42. The molecule has 0 fully saturated rings. The quantitative estimate of drug-likeness (QED) is 0.592. The Balaban J connectivity index is 1.80. The number of para-hydroxylation sites is 1. The Hall–Kier alpha value is -2.14. The number of thiophene rings is 1. The van der Waals surface area contributed by atoms with Crippen LogP contribution in [0.1, 0.15) is 16.5 Å². The summed E-state index contributed by atoms with van der Waals surface area (Å²) in [5.41, 5.74) is 1.51. The second kappa shape index (κ2) is 3.93. The Morgan fingerprint density at radius 2 is 2.05 bits per heavy atom. The first-order valence-corrected chi connectivity index (χ1v) is 6.81. The van der Waals surface area contributed by atoms with Gasteiger partial charge in [-0.2, -0.15) is 0 Å². The van der Waals surface area contributed by atoms with E-state index in [0.717, 1.165) is 10.4 Å². The fourth-order valence-electron chi connectivity index (χ4n) is 2.43. The van der Waals surface area contributed by atoms with Gasteiger partial charge in [0.1, 0.15) is 17.4 Å². The van der Waals surface area contributed by atoms with E-state index in [9.17, 15) is 4.79 Å². The van der Waals surface area contributed by atoms with Gasteiger partial charge in [-0.15, -0.1) is 11.3 Å². The molecule has 0 radical (unpaired) electrons. The van der Waals surface area contributed by atoms with Crippen LogP contribution in [0.25, 0.3) is 0 Å². The van der Waals surface area contributed by atoms with Crippen molar-refractivity contribution in [1.82, 2.24) is 0 Å². The van der Waals surface area contributed by atoms with E-state index in [1.165, 1.54) is 0 Å². The van der Waals surface area contributed by atoms with Gasteiger partial charge in [-0.05, 0) is 23.6 Å². The van der Waals surface area contributed by atoms with Crippen molar-refractivity contribution >= 4 is 23.0 Å². The molecule has 0 saturated heterocycles. The first-order valence-electron chi connectivity index (χ1n) is 5.93. The summed E-state index contributed by atoms with van der Waals surface area (Å²) in [5.74, 6) is -0.208. The van der Waals surface area contributed by atoms with Crippen molar-refractivity contribution in [2.75, 3.05) is 0 Å². The van der Waals surface area contributed by atoms with Gasteiger partial charge in [0, 0.05) is 10.4 Å². The van der Waals surface area contributed by atoms with E-state index in [0.29, 0.717) is 11.5 Å². The summed E-state index contributed by atoms with van der Waals surface area (Å²) in [7, 11) is 0. The fourth-order valence-corrected chi connectivity index (χ4v) is 3.22. The van der Waals surface area contributed by atoms with Gasteiger partial charge in [0.15, 0.2) is 6.10 Å². The highest BCUT2D eigenvalue weighted by molar-refractivity contribution is 7.10. The number of fused-ring (bicyclic) bond motifs is 3. The summed E-state index contributed by atoms with van der Waals surface area (Å²) in [5, 5.41) is 6.07. The van der Waals surface area contributed by atoms with Crippen LogP contribution in [0.4, 0.5) is 0 Å². The van der Waals surface area contributed by atoms with E-state index < -0.39 is 5.92 Å². The molecule has 2 aliphatic rings. The molecule has 0 amide bonds. The van der Waals surface area contributed by atoms with E-state index in [-0.39, 0.29) is 12.1 Å². The fraction of sp³-hybridized carbons (Fsp3) is 0.143. The number of ether oxygens (including phenoxy) is 1. The monoisotopic (exact) mass is 271 g/mol. The number of hydrogen-bond donors (Lipinski definition) is 0. The minimum atomic E-state index is -0.464. The van der Waals surface area contributed by atoms with Gasteiger partial charge in [-0.3, -0.25) is 4.79 Å². The third-order valence-electron chi connectivity index (χ3n) is 3.31. The predicted molar refractivity (Wildman–Crippen MR) is 70.2 cm³/mol. The van der Waals surface area contributed by atoms with Gasteiger partial charge in [-0.25, -0.2) is 0 Å². The van der Waals surface area contributed by atoms with Crippen LogP contribution in [0, 0.1) is 5.92 Å². The lowest BCUT2D eigenvalue weighted by atomic mass is 9.89. The van der Waals surface area contributed by atoms with Crippen LogP contribution in [-0.2, 0) is 9.63 Å². The summed E-state index contributed by atoms with van der Waals surface area (Å²) < 4.78 is 5.38. The molecule has 0 aliphatic carbocycles. The molecule has 4 nitrogen and oxygen atoms in total. The molecule has 1 aromatic carbocycles. The second-order valence-corrected chi connectivity index (χ2v) is 5.39. The lowest BCUT2D eigenvalue weighted by Gasteiger charge is -2.22. The summed E-state index contributed by atoms with van der Waals surface area (Å²) >= 11 is 1.55. The van der Waals surface area contributed by atoms with E-state index in [1.807, 2.05) is 35.7 Å². The minimum Gasteiger partial charge on any atom is -0.425 e. The average molecular weight is 271 g/mol.